The van der Waals surface area contributed by atoms with E-state index in [1.165, 1.54) is 12.1 Å². The Morgan fingerprint density at radius 3 is 2.35 bits per heavy atom. The number of likely N-dealkylation sites (N-methyl/N-ethyl adjacent to an activating group) is 1. The SMILES string of the molecule is CCNCC1=CC2(C)CCC1C1(OC3CC4(O)C5=CC(=O)C6C(c7ccc(O)c(O)c7)C7(O)CCC5(CCC4(C)C3C1(O)CCO)C6(C)CC7O)C(O)C2C. The minimum Gasteiger partial charge on any atom is -0.504 e. The van der Waals surface area contributed by atoms with Gasteiger partial charge in [-0.25, -0.2) is 0 Å². The third-order valence-electron chi connectivity index (χ3n) is 18.3. The predicted octanol–water partition coefficient (Wildman–Crippen LogP) is 3.35. The van der Waals surface area contributed by atoms with Crippen LogP contribution in [-0.2, 0) is 9.53 Å². The maximum atomic E-state index is 14.8. The molecule has 9 N–H and O–H groups in total. The van der Waals surface area contributed by atoms with E-state index in [0.29, 0.717) is 43.4 Å². The molecular weight excluding hydrogens is 702 g/mol. The van der Waals surface area contributed by atoms with Gasteiger partial charge in [-0.1, -0.05) is 52.3 Å². The van der Waals surface area contributed by atoms with E-state index in [4.69, 9.17) is 4.74 Å². The lowest BCUT2D eigenvalue weighted by molar-refractivity contribution is -0.248. The molecule has 11 heteroatoms. The van der Waals surface area contributed by atoms with Crippen molar-refractivity contribution in [3.05, 3.63) is 47.1 Å². The lowest BCUT2D eigenvalue weighted by Crippen LogP contribution is -2.71. The first-order chi connectivity index (χ1) is 25.8. The average Bonchev–Trinajstić information content (AvgIpc) is 3.41. The van der Waals surface area contributed by atoms with Crippen molar-refractivity contribution in [1.82, 2.24) is 5.32 Å². The number of phenolic OH excluding ortho intramolecular Hbond substituents is 2. The van der Waals surface area contributed by atoms with Gasteiger partial charge in [0.1, 0.15) is 11.2 Å². The first-order valence-electron chi connectivity index (χ1n) is 20.8. The van der Waals surface area contributed by atoms with Gasteiger partial charge >= 0.3 is 0 Å². The first kappa shape index (κ1) is 38.2. The van der Waals surface area contributed by atoms with Crippen LogP contribution in [0.1, 0.15) is 104 Å². The standard InChI is InChI=1S/C44H61NO10/c1-6-45-22-25-19-37(3)10-9-26(25)44(36(51)23(37)2)42(53,15-16-46)35-30(55-44)20-43(54)31-18-29(49)34-33(24-7-8-27(47)28(48)17-24)41(52)14-13-40(31,12-11-38(35,43)4)39(34,5)21-32(41)50/h7-8,17-19,23,26,30,32-36,45-48,50-54H,6,9-16,20-22H2,1-5H3. The molecule has 16 unspecified atom stereocenters. The van der Waals surface area contributed by atoms with Crippen LogP contribution in [0.15, 0.2) is 41.5 Å². The summed E-state index contributed by atoms with van der Waals surface area (Å²) in [6, 6.07) is 4.32. The van der Waals surface area contributed by atoms with Crippen LogP contribution in [0.4, 0.5) is 0 Å². The summed E-state index contributed by atoms with van der Waals surface area (Å²) < 4.78 is 7.32. The number of aromatic hydroxyl groups is 2. The van der Waals surface area contributed by atoms with Gasteiger partial charge in [0.25, 0.3) is 0 Å². The Balaban J connectivity index is 1.18. The monoisotopic (exact) mass is 763 g/mol. The smallest absolute Gasteiger partial charge is 0.160 e. The predicted molar refractivity (Wildman–Crippen MR) is 202 cm³/mol. The zero-order valence-electron chi connectivity index (χ0n) is 32.9. The number of ketones is 1. The van der Waals surface area contributed by atoms with Gasteiger partial charge in [0.05, 0.1) is 29.5 Å². The van der Waals surface area contributed by atoms with E-state index in [2.05, 4.69) is 18.3 Å². The fourth-order valence-corrected chi connectivity index (χ4v) is 15.5. The molecule has 1 aromatic rings. The number of aliphatic hydroxyl groups is 6. The van der Waals surface area contributed by atoms with Gasteiger partial charge in [0, 0.05) is 60.5 Å². The molecule has 302 valence electrons. The molecule has 11 nitrogen and oxygen atoms in total. The normalized spacial score (nSPS) is 53.3. The second kappa shape index (κ2) is 11.6. The second-order valence-electron chi connectivity index (χ2n) is 20.0. The molecule has 11 rings (SSSR count). The van der Waals surface area contributed by atoms with E-state index >= 15 is 0 Å². The molecule has 1 heterocycles. The molecule has 1 saturated heterocycles. The van der Waals surface area contributed by atoms with Crippen molar-refractivity contribution in [2.75, 3.05) is 19.7 Å². The van der Waals surface area contributed by atoms with E-state index in [0.717, 1.165) is 18.5 Å². The molecule has 16 atom stereocenters. The highest BCUT2D eigenvalue weighted by Gasteiger charge is 2.84. The molecule has 6 saturated carbocycles. The zero-order valence-corrected chi connectivity index (χ0v) is 32.9. The van der Waals surface area contributed by atoms with Crippen molar-refractivity contribution in [2.45, 2.75) is 139 Å². The maximum absolute atomic E-state index is 14.8. The summed E-state index contributed by atoms with van der Waals surface area (Å²) in [6.07, 6.45) is 4.17. The number of nitrogens with one attached hydrogen (secondary N) is 1. The topological polar surface area (TPSA) is 200 Å². The highest BCUT2D eigenvalue weighted by Crippen LogP contribution is 2.80. The number of aliphatic hydroxyl groups excluding tert-OH is 3. The Kier molecular flexibility index (Phi) is 8.09. The van der Waals surface area contributed by atoms with Crippen molar-refractivity contribution in [3.8, 4) is 11.5 Å². The van der Waals surface area contributed by atoms with Crippen LogP contribution in [0, 0.1) is 45.3 Å². The molecule has 10 aliphatic rings. The third-order valence-corrected chi connectivity index (χ3v) is 18.3. The molecule has 0 radical (unpaired) electrons. The van der Waals surface area contributed by atoms with Crippen LogP contribution in [-0.4, -0.2) is 107 Å². The fourth-order valence-electron chi connectivity index (χ4n) is 15.5. The molecule has 9 aliphatic carbocycles. The Morgan fingerprint density at radius 1 is 0.927 bits per heavy atom. The Labute approximate surface area is 323 Å². The van der Waals surface area contributed by atoms with E-state index in [-0.39, 0.29) is 66.8 Å². The van der Waals surface area contributed by atoms with Crippen molar-refractivity contribution >= 4 is 5.78 Å². The molecule has 0 amide bonds. The largest absolute Gasteiger partial charge is 0.504 e. The minimum atomic E-state index is -1.74. The number of phenols is 2. The lowest BCUT2D eigenvalue weighted by atomic mass is 9.38. The van der Waals surface area contributed by atoms with Crippen LogP contribution >= 0.6 is 0 Å². The second-order valence-corrected chi connectivity index (χ2v) is 20.0. The summed E-state index contributed by atoms with van der Waals surface area (Å²) in [4.78, 5) is 14.8. The number of hydrogen-bond donors (Lipinski definition) is 9. The Hall–Kier alpha value is -2.35. The molecule has 6 bridgehead atoms. The Bertz CT molecular complexity index is 1880. The molecule has 55 heavy (non-hydrogen) atoms. The van der Waals surface area contributed by atoms with Gasteiger partial charge in [-0.05, 0) is 97.6 Å². The minimum absolute atomic E-state index is 0.0470. The number of rotatable bonds is 6. The highest BCUT2D eigenvalue weighted by molar-refractivity contribution is 5.96. The fraction of sp³-hybridized carbons (Fsp3) is 0.750. The van der Waals surface area contributed by atoms with Crippen molar-refractivity contribution < 1.29 is 50.4 Å². The van der Waals surface area contributed by atoms with Gasteiger partial charge in [-0.3, -0.25) is 4.79 Å². The zero-order chi connectivity index (χ0) is 39.5. The summed E-state index contributed by atoms with van der Waals surface area (Å²) >= 11 is 0. The summed E-state index contributed by atoms with van der Waals surface area (Å²) in [7, 11) is 0. The maximum Gasteiger partial charge on any atom is 0.160 e. The van der Waals surface area contributed by atoms with Gasteiger partial charge in [-0.2, -0.15) is 0 Å². The summed E-state index contributed by atoms with van der Waals surface area (Å²) in [5.74, 6) is -3.89. The number of allylic oxidation sites excluding steroid dienone is 2. The van der Waals surface area contributed by atoms with Crippen LogP contribution in [0.25, 0.3) is 0 Å². The van der Waals surface area contributed by atoms with E-state index < -0.39 is 74.7 Å². The molecule has 2 spiro atoms. The number of carbonyl (C=O) groups is 1. The van der Waals surface area contributed by atoms with Gasteiger partial charge in [-0.15, -0.1) is 0 Å². The lowest BCUT2D eigenvalue weighted by Gasteiger charge is -2.67. The van der Waals surface area contributed by atoms with Crippen LogP contribution in [0.2, 0.25) is 0 Å². The summed E-state index contributed by atoms with van der Waals surface area (Å²) in [5.41, 5.74) is -7.42. The van der Waals surface area contributed by atoms with Crippen molar-refractivity contribution in [3.63, 3.8) is 0 Å². The number of hydrogen-bond acceptors (Lipinski definition) is 11. The van der Waals surface area contributed by atoms with E-state index in [9.17, 15) is 45.6 Å². The van der Waals surface area contributed by atoms with Gasteiger partial charge in [0.15, 0.2) is 17.3 Å². The number of fused-ring (bicyclic) bond motifs is 8. The van der Waals surface area contributed by atoms with Crippen molar-refractivity contribution in [1.29, 1.82) is 0 Å². The van der Waals surface area contributed by atoms with Crippen LogP contribution in [0.5, 0.6) is 11.5 Å². The average molecular weight is 764 g/mol. The quantitative estimate of drug-likeness (QED) is 0.152. The van der Waals surface area contributed by atoms with Crippen LogP contribution in [0.3, 0.4) is 0 Å². The number of carbonyl (C=O) groups excluding carboxylic acids is 1. The van der Waals surface area contributed by atoms with Gasteiger partial charge in [0.2, 0.25) is 0 Å². The number of ether oxygens (including phenoxy) is 1. The first-order valence-corrected chi connectivity index (χ1v) is 20.8. The van der Waals surface area contributed by atoms with E-state index in [1.807, 2.05) is 27.7 Å². The molecule has 7 fully saturated rings. The summed E-state index contributed by atoms with van der Waals surface area (Å²) in [6.45, 7) is 11.3. The van der Waals surface area contributed by atoms with Crippen molar-refractivity contribution in [2.24, 2.45) is 45.3 Å². The van der Waals surface area contributed by atoms with E-state index in [1.54, 1.807) is 12.1 Å². The molecular formula is C44H61NO10. The third kappa shape index (κ3) is 4.22. The van der Waals surface area contributed by atoms with Crippen LogP contribution < -0.4 is 5.32 Å². The Morgan fingerprint density at radius 2 is 1.65 bits per heavy atom. The molecule has 0 aromatic heterocycles. The molecule has 1 aromatic carbocycles. The van der Waals surface area contributed by atoms with Gasteiger partial charge < -0.3 is 50.9 Å². The summed E-state index contributed by atoms with van der Waals surface area (Å²) in [5, 5.41) is 99.0. The molecule has 1 aliphatic heterocycles. The highest BCUT2D eigenvalue weighted by atomic mass is 16.6. The number of benzene rings is 1.